The second-order valence-corrected chi connectivity index (χ2v) is 6.46. The van der Waals surface area contributed by atoms with Crippen molar-refractivity contribution < 1.29 is 9.90 Å². The van der Waals surface area contributed by atoms with Crippen LogP contribution in [0.1, 0.15) is 36.9 Å². The molecule has 0 aromatic heterocycles. The van der Waals surface area contributed by atoms with Gasteiger partial charge in [0.15, 0.2) is 0 Å². The SMILES string of the molecule is CCCC(NC(=O)/C(C#N)=C/c1ccc(O)c(Br)c1)c1ccccc1. The largest absolute Gasteiger partial charge is 0.507 e. The fraction of sp³-hybridized carbons (Fsp3) is 0.200. The summed E-state index contributed by atoms with van der Waals surface area (Å²) in [6, 6.07) is 16.3. The molecule has 4 nitrogen and oxygen atoms in total. The molecule has 0 aliphatic rings. The van der Waals surface area contributed by atoms with Crippen molar-refractivity contribution in [2.24, 2.45) is 0 Å². The van der Waals surface area contributed by atoms with Crippen LogP contribution in [0.4, 0.5) is 0 Å². The second kappa shape index (κ2) is 9.05. The Morgan fingerprint density at radius 3 is 2.64 bits per heavy atom. The maximum absolute atomic E-state index is 12.5. The van der Waals surface area contributed by atoms with Gasteiger partial charge in [0.2, 0.25) is 0 Å². The van der Waals surface area contributed by atoms with Crippen molar-refractivity contribution in [2.75, 3.05) is 0 Å². The van der Waals surface area contributed by atoms with Crippen molar-refractivity contribution in [3.63, 3.8) is 0 Å². The smallest absolute Gasteiger partial charge is 0.262 e. The Morgan fingerprint density at radius 2 is 2.04 bits per heavy atom. The van der Waals surface area contributed by atoms with E-state index < -0.39 is 5.91 Å². The first-order valence-corrected chi connectivity index (χ1v) is 8.80. The van der Waals surface area contributed by atoms with Crippen LogP contribution in [0.15, 0.2) is 58.6 Å². The molecular formula is C20H19BrN2O2. The van der Waals surface area contributed by atoms with Gasteiger partial charge in [-0.2, -0.15) is 5.26 Å². The van der Waals surface area contributed by atoms with E-state index in [1.807, 2.05) is 36.4 Å². The van der Waals surface area contributed by atoms with Crippen molar-refractivity contribution in [3.05, 3.63) is 69.7 Å². The molecule has 0 saturated heterocycles. The number of nitriles is 1. The fourth-order valence-electron chi connectivity index (χ4n) is 2.46. The molecule has 0 bridgehead atoms. The van der Waals surface area contributed by atoms with Crippen LogP contribution in [-0.2, 0) is 4.79 Å². The van der Waals surface area contributed by atoms with Crippen molar-refractivity contribution in [1.82, 2.24) is 5.32 Å². The van der Waals surface area contributed by atoms with Crippen LogP contribution in [0, 0.1) is 11.3 Å². The van der Waals surface area contributed by atoms with Gasteiger partial charge in [0.25, 0.3) is 5.91 Å². The molecule has 0 aliphatic carbocycles. The third-order valence-electron chi connectivity index (χ3n) is 3.73. The van der Waals surface area contributed by atoms with E-state index in [-0.39, 0.29) is 17.4 Å². The molecule has 0 aliphatic heterocycles. The minimum atomic E-state index is -0.408. The summed E-state index contributed by atoms with van der Waals surface area (Å²) in [6.45, 7) is 2.05. The lowest BCUT2D eigenvalue weighted by Crippen LogP contribution is -2.29. The normalized spacial score (nSPS) is 12.3. The molecule has 0 saturated carbocycles. The summed E-state index contributed by atoms with van der Waals surface area (Å²) in [5.74, 6) is -0.304. The van der Waals surface area contributed by atoms with E-state index in [1.165, 1.54) is 12.1 Å². The Morgan fingerprint density at radius 1 is 1.32 bits per heavy atom. The number of phenols is 1. The van der Waals surface area contributed by atoms with Gasteiger partial charge < -0.3 is 10.4 Å². The fourth-order valence-corrected chi connectivity index (χ4v) is 2.86. The molecule has 25 heavy (non-hydrogen) atoms. The molecule has 0 spiro atoms. The lowest BCUT2D eigenvalue weighted by atomic mass is 10.0. The van der Waals surface area contributed by atoms with Crippen molar-refractivity contribution >= 4 is 27.9 Å². The van der Waals surface area contributed by atoms with E-state index in [4.69, 9.17) is 0 Å². The van der Waals surface area contributed by atoms with Gasteiger partial charge in [-0.3, -0.25) is 4.79 Å². The summed E-state index contributed by atoms with van der Waals surface area (Å²) >= 11 is 3.22. The van der Waals surface area contributed by atoms with E-state index >= 15 is 0 Å². The zero-order valence-electron chi connectivity index (χ0n) is 13.9. The third kappa shape index (κ3) is 5.20. The Balaban J connectivity index is 2.22. The molecule has 2 N–H and O–H groups in total. The summed E-state index contributed by atoms with van der Waals surface area (Å²) in [4.78, 5) is 12.5. The molecule has 5 heteroatoms. The van der Waals surface area contributed by atoms with Gasteiger partial charge in [0.05, 0.1) is 10.5 Å². The Labute approximate surface area is 155 Å². The molecule has 2 aromatic carbocycles. The van der Waals surface area contributed by atoms with Gasteiger partial charge >= 0.3 is 0 Å². The first-order chi connectivity index (χ1) is 12.0. The van der Waals surface area contributed by atoms with Gasteiger partial charge in [-0.1, -0.05) is 49.7 Å². The topological polar surface area (TPSA) is 73.1 Å². The lowest BCUT2D eigenvalue weighted by molar-refractivity contribution is -0.117. The number of amides is 1. The van der Waals surface area contributed by atoms with Gasteiger partial charge in [-0.15, -0.1) is 0 Å². The Hall–Kier alpha value is -2.58. The maximum atomic E-state index is 12.5. The summed E-state index contributed by atoms with van der Waals surface area (Å²) in [7, 11) is 0. The van der Waals surface area contributed by atoms with E-state index in [1.54, 1.807) is 12.1 Å². The van der Waals surface area contributed by atoms with Crippen LogP contribution in [0.2, 0.25) is 0 Å². The van der Waals surface area contributed by atoms with E-state index in [0.717, 1.165) is 18.4 Å². The molecule has 2 rings (SSSR count). The second-order valence-electron chi connectivity index (χ2n) is 5.61. The monoisotopic (exact) mass is 398 g/mol. The maximum Gasteiger partial charge on any atom is 0.262 e. The zero-order valence-corrected chi connectivity index (χ0v) is 15.5. The van der Waals surface area contributed by atoms with Crippen molar-refractivity contribution in [2.45, 2.75) is 25.8 Å². The number of nitrogens with one attached hydrogen (secondary N) is 1. The highest BCUT2D eigenvalue weighted by Gasteiger charge is 2.16. The standard InChI is InChI=1S/C20H19BrN2O2/c1-2-6-18(15-7-4-3-5-8-15)23-20(25)16(13-22)11-14-9-10-19(24)17(21)12-14/h3-5,7-12,18,24H,2,6H2,1H3,(H,23,25)/b16-11+. The molecule has 128 valence electrons. The van der Waals surface area contributed by atoms with Gasteiger partial charge in [0.1, 0.15) is 17.4 Å². The number of nitrogens with zero attached hydrogens (tertiary/aromatic N) is 1. The average Bonchev–Trinajstić information content (AvgIpc) is 2.62. The van der Waals surface area contributed by atoms with E-state index in [2.05, 4.69) is 28.2 Å². The Kier molecular flexibility index (Phi) is 6.79. The summed E-state index contributed by atoms with van der Waals surface area (Å²) in [5, 5.41) is 21.8. The summed E-state index contributed by atoms with van der Waals surface area (Å²) in [6.07, 6.45) is 3.21. The number of carbonyl (C=O) groups excluding carboxylic acids is 1. The predicted molar refractivity (Wildman–Crippen MR) is 102 cm³/mol. The molecule has 0 radical (unpaired) electrons. The predicted octanol–water partition coefficient (Wildman–Crippen LogP) is 4.72. The number of hydrogen-bond acceptors (Lipinski definition) is 3. The number of phenolic OH excluding ortho intramolecular Hbond substituents is 1. The third-order valence-corrected chi connectivity index (χ3v) is 4.37. The van der Waals surface area contributed by atoms with Crippen LogP contribution in [0.5, 0.6) is 5.75 Å². The van der Waals surface area contributed by atoms with E-state index in [0.29, 0.717) is 10.0 Å². The quantitative estimate of drug-likeness (QED) is 0.545. The van der Waals surface area contributed by atoms with E-state index in [9.17, 15) is 15.2 Å². The molecule has 0 fully saturated rings. The Bertz CT molecular complexity index is 810. The molecule has 0 heterocycles. The van der Waals surface area contributed by atoms with Gasteiger partial charge in [-0.05, 0) is 51.7 Å². The molecular weight excluding hydrogens is 380 g/mol. The lowest BCUT2D eigenvalue weighted by Gasteiger charge is -2.18. The molecule has 1 amide bonds. The van der Waals surface area contributed by atoms with Crippen LogP contribution >= 0.6 is 15.9 Å². The minimum Gasteiger partial charge on any atom is -0.507 e. The number of halogens is 1. The number of benzene rings is 2. The van der Waals surface area contributed by atoms with Crippen LogP contribution in [-0.4, -0.2) is 11.0 Å². The van der Waals surface area contributed by atoms with Gasteiger partial charge in [0, 0.05) is 0 Å². The molecule has 1 unspecified atom stereocenters. The summed E-state index contributed by atoms with van der Waals surface area (Å²) < 4.78 is 0.507. The van der Waals surface area contributed by atoms with Crippen LogP contribution < -0.4 is 5.32 Å². The highest BCUT2D eigenvalue weighted by Crippen LogP contribution is 2.25. The van der Waals surface area contributed by atoms with Crippen molar-refractivity contribution in [3.8, 4) is 11.8 Å². The molecule has 1 atom stereocenters. The average molecular weight is 399 g/mol. The number of carbonyl (C=O) groups is 1. The highest BCUT2D eigenvalue weighted by molar-refractivity contribution is 9.10. The van der Waals surface area contributed by atoms with Crippen LogP contribution in [0.3, 0.4) is 0 Å². The summed E-state index contributed by atoms with van der Waals surface area (Å²) in [5.41, 5.74) is 1.69. The van der Waals surface area contributed by atoms with Crippen LogP contribution in [0.25, 0.3) is 6.08 Å². The first-order valence-electron chi connectivity index (χ1n) is 8.01. The number of hydrogen-bond donors (Lipinski definition) is 2. The van der Waals surface area contributed by atoms with Gasteiger partial charge in [-0.25, -0.2) is 0 Å². The highest BCUT2D eigenvalue weighted by atomic mass is 79.9. The van der Waals surface area contributed by atoms with Crippen molar-refractivity contribution in [1.29, 1.82) is 5.26 Å². The molecule has 2 aromatic rings. The number of aromatic hydroxyl groups is 1. The number of rotatable bonds is 6. The minimum absolute atomic E-state index is 0.0228. The first kappa shape index (κ1) is 18.8. The zero-order chi connectivity index (χ0) is 18.2.